The molecule has 1 N–H and O–H groups in total. The third-order valence-electron chi connectivity index (χ3n) is 10.4. The summed E-state index contributed by atoms with van der Waals surface area (Å²) in [6.07, 6.45) is 19.9. The van der Waals surface area contributed by atoms with Crippen LogP contribution in [0.2, 0.25) is 0 Å². The summed E-state index contributed by atoms with van der Waals surface area (Å²) in [6, 6.07) is 2.18. The van der Waals surface area contributed by atoms with Crippen molar-refractivity contribution in [2.24, 2.45) is 0 Å². The van der Waals surface area contributed by atoms with Crippen LogP contribution in [0.4, 0.5) is 0 Å². The zero-order valence-electron chi connectivity index (χ0n) is 37.1. The van der Waals surface area contributed by atoms with Crippen molar-refractivity contribution in [2.45, 2.75) is 182 Å². The molecule has 2 aromatic rings. The van der Waals surface area contributed by atoms with E-state index in [1.165, 1.54) is 36.0 Å². The minimum absolute atomic E-state index is 0.0180. The molecule has 0 radical (unpaired) electrons. The maximum Gasteiger partial charge on any atom is 0.472 e. The maximum atomic E-state index is 12.8. The lowest BCUT2D eigenvalue weighted by Gasteiger charge is -2.24. The van der Waals surface area contributed by atoms with E-state index in [0.29, 0.717) is 23.9 Å². The van der Waals surface area contributed by atoms with E-state index in [-0.39, 0.29) is 26.1 Å². The van der Waals surface area contributed by atoms with Crippen molar-refractivity contribution in [1.82, 2.24) is 0 Å². The second-order valence-corrected chi connectivity index (χ2v) is 18.3. The predicted molar refractivity (Wildman–Crippen MR) is 226 cm³/mol. The summed E-state index contributed by atoms with van der Waals surface area (Å²) in [5, 5.41) is 0. The minimum atomic E-state index is -4.40. The molecule has 0 spiro atoms. The Kier molecular flexibility index (Phi) is 25.0. The molecule has 0 aliphatic carbocycles. The van der Waals surface area contributed by atoms with Crippen LogP contribution in [0.25, 0.3) is 0 Å². The molecule has 328 valence electrons. The number of phosphoric acid groups is 1. The van der Waals surface area contributed by atoms with Crippen molar-refractivity contribution in [2.75, 3.05) is 47.5 Å². The Morgan fingerprint density at radius 3 is 1.74 bits per heavy atom. The SMILES string of the molecule is CCCc1cc(C)c(CCCCCCCCCCC(=O)OCC(COP(=O)(O)OCC[N+](C)(C)C)OC(=O)CCCCCCCCc2oc(CCC)c(C)c2C)o1. The number of esters is 2. The van der Waals surface area contributed by atoms with Gasteiger partial charge >= 0.3 is 19.8 Å². The average molecular weight is 825 g/mol. The van der Waals surface area contributed by atoms with Crippen LogP contribution in [0.1, 0.15) is 169 Å². The number of unbranched alkanes of at least 4 members (excludes halogenated alkanes) is 12. The van der Waals surface area contributed by atoms with Crippen molar-refractivity contribution >= 4 is 19.8 Å². The van der Waals surface area contributed by atoms with Gasteiger partial charge in [-0.3, -0.25) is 18.6 Å². The molecule has 0 aromatic carbocycles. The number of rotatable bonds is 34. The van der Waals surface area contributed by atoms with E-state index in [1.807, 2.05) is 21.1 Å². The first-order valence-electron chi connectivity index (χ1n) is 22.1. The number of hydrogen-bond donors (Lipinski definition) is 1. The van der Waals surface area contributed by atoms with Crippen molar-refractivity contribution in [3.63, 3.8) is 0 Å². The Labute approximate surface area is 345 Å². The summed E-state index contributed by atoms with van der Waals surface area (Å²) in [5.41, 5.74) is 3.84. The van der Waals surface area contributed by atoms with Gasteiger partial charge in [-0.25, -0.2) is 4.57 Å². The molecule has 12 heteroatoms. The van der Waals surface area contributed by atoms with Gasteiger partial charge in [-0.15, -0.1) is 0 Å². The fourth-order valence-electron chi connectivity index (χ4n) is 6.77. The third-order valence-corrected chi connectivity index (χ3v) is 11.4. The molecule has 0 saturated heterocycles. The smallest absolute Gasteiger partial charge is 0.466 e. The van der Waals surface area contributed by atoms with E-state index in [1.54, 1.807) is 0 Å². The molecule has 0 saturated carbocycles. The molecule has 0 bridgehead atoms. The highest BCUT2D eigenvalue weighted by Crippen LogP contribution is 2.43. The molecule has 0 aliphatic rings. The molecule has 2 aromatic heterocycles. The lowest BCUT2D eigenvalue weighted by atomic mass is 10.0. The molecule has 2 heterocycles. The Bertz CT molecular complexity index is 1460. The number of carbonyl (C=O) groups excluding carboxylic acids is 2. The van der Waals surface area contributed by atoms with Gasteiger partial charge in [-0.1, -0.05) is 78.1 Å². The quantitative estimate of drug-likeness (QED) is 0.0314. The Morgan fingerprint density at radius 1 is 0.667 bits per heavy atom. The number of furan rings is 2. The highest BCUT2D eigenvalue weighted by molar-refractivity contribution is 7.47. The summed E-state index contributed by atoms with van der Waals surface area (Å²) >= 11 is 0. The maximum absolute atomic E-state index is 12.8. The first-order valence-corrected chi connectivity index (χ1v) is 23.6. The van der Waals surface area contributed by atoms with E-state index in [0.717, 1.165) is 119 Å². The molecule has 57 heavy (non-hydrogen) atoms. The van der Waals surface area contributed by atoms with E-state index >= 15 is 0 Å². The zero-order chi connectivity index (χ0) is 42.1. The van der Waals surface area contributed by atoms with E-state index in [4.69, 9.17) is 27.4 Å². The summed E-state index contributed by atoms with van der Waals surface area (Å²) in [5.74, 6) is 3.62. The van der Waals surface area contributed by atoms with Gasteiger partial charge in [0.2, 0.25) is 0 Å². The van der Waals surface area contributed by atoms with Gasteiger partial charge in [0.15, 0.2) is 6.10 Å². The summed E-state index contributed by atoms with van der Waals surface area (Å²) in [4.78, 5) is 35.5. The van der Waals surface area contributed by atoms with Crippen LogP contribution in [-0.2, 0) is 58.4 Å². The van der Waals surface area contributed by atoms with Gasteiger partial charge in [0.1, 0.15) is 42.8 Å². The molecule has 11 nitrogen and oxygen atoms in total. The van der Waals surface area contributed by atoms with Crippen LogP contribution in [0.5, 0.6) is 0 Å². The number of carbonyl (C=O) groups is 2. The molecule has 2 atom stereocenters. The first-order chi connectivity index (χ1) is 27.1. The van der Waals surface area contributed by atoms with Crippen LogP contribution in [0, 0.1) is 20.8 Å². The molecular formula is C45H79NO10P+. The largest absolute Gasteiger partial charge is 0.472 e. The highest BCUT2D eigenvalue weighted by Gasteiger charge is 2.27. The number of phosphoric ester groups is 1. The average Bonchev–Trinajstić information content (AvgIpc) is 3.63. The molecule has 0 fully saturated rings. The Balaban J connectivity index is 1.66. The Hall–Kier alpha value is -2.43. The monoisotopic (exact) mass is 825 g/mol. The molecule has 0 aliphatic heterocycles. The highest BCUT2D eigenvalue weighted by atomic mass is 31.2. The van der Waals surface area contributed by atoms with E-state index in [2.05, 4.69) is 40.7 Å². The lowest BCUT2D eigenvalue weighted by molar-refractivity contribution is -0.870. The van der Waals surface area contributed by atoms with Gasteiger partial charge in [0, 0.05) is 38.5 Å². The number of likely N-dealkylation sites (N-methyl/N-ethyl adjacent to an activating group) is 1. The zero-order valence-corrected chi connectivity index (χ0v) is 37.9. The van der Waals surface area contributed by atoms with Crippen LogP contribution < -0.4 is 0 Å². The fourth-order valence-corrected chi connectivity index (χ4v) is 7.51. The van der Waals surface area contributed by atoms with Crippen LogP contribution in [-0.4, -0.2) is 74.9 Å². The van der Waals surface area contributed by atoms with Gasteiger partial charge in [0.25, 0.3) is 0 Å². The van der Waals surface area contributed by atoms with Crippen molar-refractivity contribution in [1.29, 1.82) is 0 Å². The summed E-state index contributed by atoms with van der Waals surface area (Å²) < 4.78 is 46.5. The number of hydrogen-bond acceptors (Lipinski definition) is 9. The topological polar surface area (TPSA) is 135 Å². The standard InChI is InChI=1S/C45H78NO10P/c1-9-25-39-33-36(3)41(54-39)27-21-17-13-11-12-14-19-23-29-44(47)51-34-40(35-53-57(49,50)52-32-31-46(6,7)8)55-45(48)30-24-20-16-15-18-22-28-43-38(5)37(4)42(56-43)26-10-2/h33,40H,9-32,34-35H2,1-8H3/p+1. The second kappa shape index (κ2) is 28.1. The second-order valence-electron chi connectivity index (χ2n) is 16.9. The molecule has 0 amide bonds. The summed E-state index contributed by atoms with van der Waals surface area (Å²) in [7, 11) is 1.43. The van der Waals surface area contributed by atoms with Crippen molar-refractivity contribution in [3.05, 3.63) is 45.8 Å². The Morgan fingerprint density at radius 2 is 1.18 bits per heavy atom. The van der Waals surface area contributed by atoms with E-state index < -0.39 is 32.5 Å². The van der Waals surface area contributed by atoms with E-state index in [9.17, 15) is 19.0 Å². The fraction of sp³-hybridized carbons (Fsp3) is 0.778. The number of aryl methyl sites for hydroxylation is 5. The van der Waals surface area contributed by atoms with Gasteiger partial charge in [-0.2, -0.15) is 0 Å². The van der Waals surface area contributed by atoms with Crippen LogP contribution in [0.15, 0.2) is 14.9 Å². The molecule has 2 rings (SSSR count). The summed E-state index contributed by atoms with van der Waals surface area (Å²) in [6.45, 7) is 10.6. The number of nitrogens with zero attached hydrogens (tertiary/aromatic N) is 1. The molecular weight excluding hydrogens is 745 g/mol. The van der Waals surface area contributed by atoms with Gasteiger partial charge in [-0.05, 0) is 82.1 Å². The van der Waals surface area contributed by atoms with Crippen LogP contribution in [0.3, 0.4) is 0 Å². The lowest BCUT2D eigenvalue weighted by Crippen LogP contribution is -2.37. The normalized spacial score (nSPS) is 13.5. The van der Waals surface area contributed by atoms with Gasteiger partial charge < -0.3 is 27.7 Å². The third kappa shape index (κ3) is 23.1. The van der Waals surface area contributed by atoms with Crippen molar-refractivity contribution in [3.8, 4) is 0 Å². The van der Waals surface area contributed by atoms with Crippen molar-refractivity contribution < 1.29 is 50.9 Å². The first kappa shape index (κ1) is 50.7. The molecule has 2 unspecified atom stereocenters. The number of ether oxygens (including phenoxy) is 2. The minimum Gasteiger partial charge on any atom is -0.466 e. The van der Waals surface area contributed by atoms with Crippen LogP contribution >= 0.6 is 7.82 Å². The predicted octanol–water partition coefficient (Wildman–Crippen LogP) is 11.0. The number of quaternary nitrogens is 1. The van der Waals surface area contributed by atoms with Gasteiger partial charge in [0.05, 0.1) is 27.7 Å².